The molecule has 3 atom stereocenters. The van der Waals surface area contributed by atoms with Gasteiger partial charge in [-0.15, -0.1) is 0 Å². The summed E-state index contributed by atoms with van der Waals surface area (Å²) < 4.78 is 5.72. The number of ether oxygens (including phenoxy) is 1. The number of aliphatic hydroxyl groups excluding tert-OH is 1. The second-order valence-corrected chi connectivity index (χ2v) is 6.83. The third-order valence-electron chi connectivity index (χ3n) is 3.88. The highest BCUT2D eigenvalue weighted by atomic mass is 35.5. The number of hydrogen-bond donors (Lipinski definition) is 1. The molecule has 0 spiro atoms. The van der Waals surface area contributed by atoms with Crippen molar-refractivity contribution in [3.8, 4) is 0 Å². The second-order valence-electron chi connectivity index (χ2n) is 6.42. The van der Waals surface area contributed by atoms with Crippen LogP contribution < -0.4 is 0 Å². The zero-order valence-corrected chi connectivity index (χ0v) is 14.5. The smallest absolute Gasteiger partial charge is 0.0793 e. The molecule has 4 nitrogen and oxygen atoms in total. The molecule has 1 aromatic rings. The third-order valence-corrected chi connectivity index (χ3v) is 4.25. The molecule has 3 unspecified atom stereocenters. The largest absolute Gasteiger partial charge is 0.390 e. The first kappa shape index (κ1) is 17.7. The number of nitrogens with zero attached hydrogens (tertiary/aromatic N) is 2. The number of halogens is 1. The molecule has 1 saturated heterocycles. The fourth-order valence-electron chi connectivity index (χ4n) is 3.13. The van der Waals surface area contributed by atoms with Gasteiger partial charge in [0.05, 0.1) is 18.3 Å². The van der Waals surface area contributed by atoms with E-state index in [0.29, 0.717) is 13.1 Å². The summed E-state index contributed by atoms with van der Waals surface area (Å²) >= 11 is 6.18. The van der Waals surface area contributed by atoms with Gasteiger partial charge < -0.3 is 9.84 Å². The quantitative estimate of drug-likeness (QED) is 0.869. The lowest BCUT2D eigenvalue weighted by Crippen LogP contribution is -2.49. The molecule has 1 heterocycles. The molecule has 22 heavy (non-hydrogen) atoms. The van der Waals surface area contributed by atoms with Crippen LogP contribution in [0.3, 0.4) is 0 Å². The molecule has 124 valence electrons. The monoisotopic (exact) mass is 326 g/mol. The number of likely N-dealkylation sites (N-methyl/N-ethyl adjacent to an activating group) is 1. The maximum atomic E-state index is 10.3. The van der Waals surface area contributed by atoms with Gasteiger partial charge in [0.2, 0.25) is 0 Å². The SMILES string of the molecule is CC1CN(CC(O)CN(C)Cc2ccccc2Cl)CC(C)O1. The summed E-state index contributed by atoms with van der Waals surface area (Å²) in [4.78, 5) is 4.39. The van der Waals surface area contributed by atoms with E-state index in [-0.39, 0.29) is 18.3 Å². The summed E-state index contributed by atoms with van der Waals surface area (Å²) in [6.07, 6.45) is 0.0959. The normalized spacial score (nSPS) is 24.6. The lowest BCUT2D eigenvalue weighted by atomic mass is 10.2. The van der Waals surface area contributed by atoms with Crippen molar-refractivity contribution in [2.24, 2.45) is 0 Å². The van der Waals surface area contributed by atoms with Crippen LogP contribution in [0.5, 0.6) is 0 Å². The molecular weight excluding hydrogens is 300 g/mol. The number of rotatable bonds is 6. The molecule has 2 rings (SSSR count). The lowest BCUT2D eigenvalue weighted by Gasteiger charge is -2.36. The first-order valence-corrected chi connectivity index (χ1v) is 8.29. The molecule has 0 radical (unpaired) electrons. The summed E-state index contributed by atoms with van der Waals surface area (Å²) in [5.41, 5.74) is 1.09. The predicted octanol–water partition coefficient (Wildman–Crippen LogP) is 2.24. The van der Waals surface area contributed by atoms with Gasteiger partial charge in [-0.25, -0.2) is 0 Å². The zero-order valence-electron chi connectivity index (χ0n) is 13.7. The van der Waals surface area contributed by atoms with E-state index < -0.39 is 0 Å². The van der Waals surface area contributed by atoms with Crippen LogP contribution in [-0.2, 0) is 11.3 Å². The molecule has 1 aromatic carbocycles. The van der Waals surface area contributed by atoms with Crippen LogP contribution in [-0.4, -0.2) is 66.4 Å². The van der Waals surface area contributed by atoms with Crippen LogP contribution in [0.2, 0.25) is 5.02 Å². The minimum atomic E-state index is -0.370. The van der Waals surface area contributed by atoms with E-state index >= 15 is 0 Å². The Bertz CT molecular complexity index is 462. The van der Waals surface area contributed by atoms with Crippen molar-refractivity contribution in [2.45, 2.75) is 38.7 Å². The first-order chi connectivity index (χ1) is 10.4. The van der Waals surface area contributed by atoms with Crippen molar-refractivity contribution in [3.63, 3.8) is 0 Å². The van der Waals surface area contributed by atoms with Crippen LogP contribution in [0.4, 0.5) is 0 Å². The Morgan fingerprint density at radius 1 is 1.32 bits per heavy atom. The summed E-state index contributed by atoms with van der Waals surface area (Å²) in [5, 5.41) is 11.1. The molecule has 0 bridgehead atoms. The highest BCUT2D eigenvalue weighted by Crippen LogP contribution is 2.17. The van der Waals surface area contributed by atoms with Crippen molar-refractivity contribution in [1.82, 2.24) is 9.80 Å². The van der Waals surface area contributed by atoms with Gasteiger partial charge in [0.15, 0.2) is 0 Å². The van der Waals surface area contributed by atoms with E-state index in [0.717, 1.165) is 30.2 Å². The Morgan fingerprint density at radius 2 is 1.95 bits per heavy atom. The molecule has 0 aliphatic carbocycles. The van der Waals surface area contributed by atoms with E-state index in [1.165, 1.54) is 0 Å². The molecule has 1 N–H and O–H groups in total. The Labute approximate surface area is 138 Å². The summed E-state index contributed by atoms with van der Waals surface area (Å²) in [6, 6.07) is 7.84. The molecule has 0 amide bonds. The third kappa shape index (κ3) is 5.52. The number of aliphatic hydroxyl groups is 1. The predicted molar refractivity (Wildman–Crippen MR) is 90.2 cm³/mol. The van der Waals surface area contributed by atoms with Gasteiger partial charge in [0.1, 0.15) is 0 Å². The van der Waals surface area contributed by atoms with Gasteiger partial charge in [-0.05, 0) is 32.5 Å². The number of benzene rings is 1. The van der Waals surface area contributed by atoms with Crippen LogP contribution >= 0.6 is 11.6 Å². The Hall–Kier alpha value is -0.650. The number of morpholine rings is 1. The van der Waals surface area contributed by atoms with Crippen molar-refractivity contribution in [2.75, 3.05) is 33.2 Å². The van der Waals surface area contributed by atoms with E-state index in [1.807, 2.05) is 31.3 Å². The first-order valence-electron chi connectivity index (χ1n) is 7.92. The Kier molecular flexibility index (Phi) is 6.66. The minimum Gasteiger partial charge on any atom is -0.390 e. The maximum Gasteiger partial charge on any atom is 0.0793 e. The molecule has 1 aliphatic heterocycles. The van der Waals surface area contributed by atoms with E-state index in [9.17, 15) is 5.11 Å². The molecule has 0 aromatic heterocycles. The van der Waals surface area contributed by atoms with Crippen molar-refractivity contribution in [1.29, 1.82) is 0 Å². The van der Waals surface area contributed by atoms with Crippen molar-refractivity contribution in [3.05, 3.63) is 34.9 Å². The highest BCUT2D eigenvalue weighted by molar-refractivity contribution is 6.31. The van der Waals surface area contributed by atoms with E-state index in [1.54, 1.807) is 0 Å². The van der Waals surface area contributed by atoms with Gasteiger partial charge in [-0.1, -0.05) is 29.8 Å². The maximum absolute atomic E-state index is 10.3. The standard InChI is InChI=1S/C17H27ClN2O2/c1-13-8-20(9-14(2)22-13)12-16(21)11-19(3)10-15-6-4-5-7-17(15)18/h4-7,13-14,16,21H,8-12H2,1-3H3. The highest BCUT2D eigenvalue weighted by Gasteiger charge is 2.24. The lowest BCUT2D eigenvalue weighted by molar-refractivity contribution is -0.0777. The van der Waals surface area contributed by atoms with Gasteiger partial charge in [-0.3, -0.25) is 9.80 Å². The molecule has 0 saturated carbocycles. The fourth-order valence-corrected chi connectivity index (χ4v) is 3.33. The fraction of sp³-hybridized carbons (Fsp3) is 0.647. The van der Waals surface area contributed by atoms with E-state index in [2.05, 4.69) is 23.6 Å². The zero-order chi connectivity index (χ0) is 16.1. The van der Waals surface area contributed by atoms with Crippen LogP contribution in [0, 0.1) is 0 Å². The average molecular weight is 327 g/mol. The Morgan fingerprint density at radius 3 is 2.59 bits per heavy atom. The van der Waals surface area contributed by atoms with Gasteiger partial charge >= 0.3 is 0 Å². The van der Waals surface area contributed by atoms with Crippen LogP contribution in [0.25, 0.3) is 0 Å². The van der Waals surface area contributed by atoms with Crippen molar-refractivity contribution >= 4 is 11.6 Å². The number of β-amino-alcohol motifs (C(OH)–C–C–N with tert-alkyl or cyclic N) is 1. The van der Waals surface area contributed by atoms with Crippen molar-refractivity contribution < 1.29 is 9.84 Å². The summed E-state index contributed by atoms with van der Waals surface area (Å²) in [6.45, 7) is 7.99. The number of hydrogen-bond acceptors (Lipinski definition) is 4. The average Bonchev–Trinajstić information content (AvgIpc) is 2.39. The molecule has 1 fully saturated rings. The van der Waals surface area contributed by atoms with Crippen LogP contribution in [0.15, 0.2) is 24.3 Å². The minimum absolute atomic E-state index is 0.233. The van der Waals surface area contributed by atoms with E-state index in [4.69, 9.17) is 16.3 Å². The van der Waals surface area contributed by atoms with Gasteiger partial charge in [0.25, 0.3) is 0 Å². The molecule has 1 aliphatic rings. The summed E-state index contributed by atoms with van der Waals surface area (Å²) in [5.74, 6) is 0. The molecule has 5 heteroatoms. The molecular formula is C17H27ClN2O2. The van der Waals surface area contributed by atoms with Crippen LogP contribution in [0.1, 0.15) is 19.4 Å². The van der Waals surface area contributed by atoms with Gasteiger partial charge in [-0.2, -0.15) is 0 Å². The van der Waals surface area contributed by atoms with Gasteiger partial charge in [0, 0.05) is 37.7 Å². The Balaban J connectivity index is 1.79. The second kappa shape index (κ2) is 8.27. The summed E-state index contributed by atoms with van der Waals surface area (Å²) in [7, 11) is 2.01. The topological polar surface area (TPSA) is 35.9 Å².